The van der Waals surface area contributed by atoms with Crippen LogP contribution in [0.25, 0.3) is 0 Å². The zero-order chi connectivity index (χ0) is 16.7. The first-order valence-corrected chi connectivity index (χ1v) is 8.57. The quantitative estimate of drug-likeness (QED) is 0.677. The third kappa shape index (κ3) is 5.52. The number of rotatable bonds is 7. The van der Waals surface area contributed by atoms with E-state index in [1.807, 2.05) is 25.1 Å². The van der Waals surface area contributed by atoms with E-state index in [0.29, 0.717) is 12.6 Å². The van der Waals surface area contributed by atoms with Crippen molar-refractivity contribution >= 4 is 11.7 Å². The van der Waals surface area contributed by atoms with E-state index in [4.69, 9.17) is 0 Å². The third-order valence-electron chi connectivity index (χ3n) is 4.63. The summed E-state index contributed by atoms with van der Waals surface area (Å²) in [6.07, 6.45) is 4.28. The second-order valence-electron chi connectivity index (χ2n) is 6.40. The maximum absolute atomic E-state index is 11.9. The highest BCUT2D eigenvalue weighted by Gasteiger charge is 2.22. The summed E-state index contributed by atoms with van der Waals surface area (Å²) >= 11 is 0. The number of nitrogens with zero attached hydrogens (tertiary/aromatic N) is 1. The average Bonchev–Trinajstić information content (AvgIpc) is 2.98. The number of likely N-dealkylation sites (tertiary alicyclic amines) is 1. The number of aliphatic hydroxyl groups is 1. The number of aliphatic hydroxyl groups excluding tert-OH is 1. The van der Waals surface area contributed by atoms with E-state index < -0.39 is 0 Å². The molecule has 1 atom stereocenters. The number of benzene rings is 1. The average molecular weight is 319 g/mol. The van der Waals surface area contributed by atoms with Crippen molar-refractivity contribution in [3.8, 4) is 0 Å². The van der Waals surface area contributed by atoms with Gasteiger partial charge in [0.15, 0.2) is 0 Å². The minimum atomic E-state index is -0.150. The zero-order valence-corrected chi connectivity index (χ0v) is 14.3. The van der Waals surface area contributed by atoms with Crippen molar-refractivity contribution in [1.82, 2.24) is 10.2 Å². The van der Waals surface area contributed by atoms with Crippen LogP contribution in [-0.2, 0) is 0 Å². The fraction of sp³-hybridized carbons (Fsp3) is 0.611. The lowest BCUT2D eigenvalue weighted by molar-refractivity contribution is 0.157. The molecule has 0 aliphatic carbocycles. The van der Waals surface area contributed by atoms with Crippen molar-refractivity contribution in [2.45, 2.75) is 45.6 Å². The van der Waals surface area contributed by atoms with Gasteiger partial charge in [0, 0.05) is 18.3 Å². The summed E-state index contributed by atoms with van der Waals surface area (Å²) in [7, 11) is 0. The van der Waals surface area contributed by atoms with Crippen LogP contribution >= 0.6 is 0 Å². The van der Waals surface area contributed by atoms with Gasteiger partial charge in [-0.15, -0.1) is 0 Å². The van der Waals surface area contributed by atoms with E-state index in [0.717, 1.165) is 38.0 Å². The monoisotopic (exact) mass is 319 g/mol. The molecule has 0 aromatic heterocycles. The highest BCUT2D eigenvalue weighted by atomic mass is 16.3. The molecule has 1 aliphatic rings. The van der Waals surface area contributed by atoms with Crippen LogP contribution in [0.4, 0.5) is 10.5 Å². The molecule has 2 rings (SSSR count). The van der Waals surface area contributed by atoms with Gasteiger partial charge in [-0.25, -0.2) is 4.79 Å². The van der Waals surface area contributed by atoms with E-state index in [-0.39, 0.29) is 12.6 Å². The van der Waals surface area contributed by atoms with E-state index >= 15 is 0 Å². The van der Waals surface area contributed by atoms with Gasteiger partial charge >= 0.3 is 6.03 Å². The highest BCUT2D eigenvalue weighted by Crippen LogP contribution is 2.17. The van der Waals surface area contributed by atoms with Crippen molar-refractivity contribution in [2.75, 3.05) is 31.6 Å². The Hall–Kier alpha value is -1.59. The van der Waals surface area contributed by atoms with Crippen LogP contribution in [0.15, 0.2) is 18.2 Å². The molecule has 0 saturated carbocycles. The molecule has 1 fully saturated rings. The van der Waals surface area contributed by atoms with Gasteiger partial charge in [0.25, 0.3) is 0 Å². The molecule has 1 aromatic carbocycles. The second-order valence-corrected chi connectivity index (χ2v) is 6.40. The predicted octanol–water partition coefficient (Wildman–Crippen LogP) is 2.66. The largest absolute Gasteiger partial charge is 0.395 e. The molecule has 1 heterocycles. The normalized spacial score (nSPS) is 18.1. The van der Waals surface area contributed by atoms with Crippen LogP contribution in [-0.4, -0.2) is 48.3 Å². The van der Waals surface area contributed by atoms with E-state index in [9.17, 15) is 9.90 Å². The first-order chi connectivity index (χ1) is 11.1. The van der Waals surface area contributed by atoms with Crippen molar-refractivity contribution in [2.24, 2.45) is 0 Å². The van der Waals surface area contributed by atoms with Gasteiger partial charge in [0.2, 0.25) is 0 Å². The summed E-state index contributed by atoms with van der Waals surface area (Å²) in [5, 5.41) is 15.0. The predicted molar refractivity (Wildman–Crippen MR) is 93.9 cm³/mol. The molecule has 2 amide bonds. The molecule has 23 heavy (non-hydrogen) atoms. The summed E-state index contributed by atoms with van der Waals surface area (Å²) in [6, 6.07) is 6.11. The number of nitrogens with one attached hydrogen (secondary N) is 2. The lowest BCUT2D eigenvalue weighted by atomic mass is 10.1. The molecule has 5 nitrogen and oxygen atoms in total. The lowest BCUT2D eigenvalue weighted by Gasteiger charge is -2.22. The van der Waals surface area contributed by atoms with E-state index in [1.165, 1.54) is 17.5 Å². The van der Waals surface area contributed by atoms with Crippen LogP contribution in [0.2, 0.25) is 0 Å². The van der Waals surface area contributed by atoms with Gasteiger partial charge < -0.3 is 15.7 Å². The van der Waals surface area contributed by atoms with Gasteiger partial charge in [-0.05, 0) is 75.9 Å². The number of anilines is 1. The van der Waals surface area contributed by atoms with Crippen molar-refractivity contribution in [1.29, 1.82) is 0 Å². The van der Waals surface area contributed by atoms with E-state index in [1.54, 1.807) is 0 Å². The van der Waals surface area contributed by atoms with Crippen LogP contribution in [0.3, 0.4) is 0 Å². The summed E-state index contributed by atoms with van der Waals surface area (Å²) < 4.78 is 0. The standard InChI is InChI=1S/C18H29N3O2/c1-14-7-8-16(12-15(14)2)20-18(23)19-9-3-4-10-21-11-5-6-17(21)13-22/h7-8,12,17,22H,3-6,9-11,13H2,1-2H3,(H2,19,20,23). The minimum Gasteiger partial charge on any atom is -0.395 e. The molecule has 1 aromatic rings. The zero-order valence-electron chi connectivity index (χ0n) is 14.3. The van der Waals surface area contributed by atoms with Crippen molar-refractivity contribution < 1.29 is 9.90 Å². The van der Waals surface area contributed by atoms with Crippen LogP contribution in [0.1, 0.15) is 36.8 Å². The number of carbonyl (C=O) groups excluding carboxylic acids is 1. The van der Waals surface area contributed by atoms with Gasteiger partial charge in [-0.1, -0.05) is 6.07 Å². The highest BCUT2D eigenvalue weighted by molar-refractivity contribution is 5.89. The smallest absolute Gasteiger partial charge is 0.319 e. The molecule has 1 aliphatic heterocycles. The fourth-order valence-corrected chi connectivity index (χ4v) is 3.03. The van der Waals surface area contributed by atoms with Gasteiger partial charge in [0.05, 0.1) is 6.61 Å². The Morgan fingerprint density at radius 3 is 2.87 bits per heavy atom. The molecule has 0 radical (unpaired) electrons. The summed E-state index contributed by atoms with van der Waals surface area (Å²) in [5.41, 5.74) is 3.22. The molecule has 0 spiro atoms. The Morgan fingerprint density at radius 2 is 2.13 bits per heavy atom. The number of amides is 2. The minimum absolute atomic E-state index is 0.150. The Morgan fingerprint density at radius 1 is 1.30 bits per heavy atom. The molecule has 1 saturated heterocycles. The first kappa shape index (κ1) is 17.8. The number of hydrogen-bond acceptors (Lipinski definition) is 3. The van der Waals surface area contributed by atoms with Crippen LogP contribution < -0.4 is 10.6 Å². The number of carbonyl (C=O) groups is 1. The SMILES string of the molecule is Cc1ccc(NC(=O)NCCCCN2CCCC2CO)cc1C. The van der Waals surface area contributed by atoms with Crippen LogP contribution in [0, 0.1) is 13.8 Å². The number of hydrogen-bond donors (Lipinski definition) is 3. The van der Waals surface area contributed by atoms with Gasteiger partial charge in [0.1, 0.15) is 0 Å². The summed E-state index contributed by atoms with van der Waals surface area (Å²) in [6.45, 7) is 7.12. The second kappa shape index (κ2) is 8.89. The Labute approximate surface area is 139 Å². The van der Waals surface area contributed by atoms with E-state index in [2.05, 4.69) is 22.5 Å². The molecule has 0 bridgehead atoms. The summed E-state index contributed by atoms with van der Waals surface area (Å²) in [5.74, 6) is 0. The summed E-state index contributed by atoms with van der Waals surface area (Å²) in [4.78, 5) is 14.2. The molecule has 3 N–H and O–H groups in total. The maximum atomic E-state index is 11.9. The molecule has 128 valence electrons. The lowest BCUT2D eigenvalue weighted by Crippen LogP contribution is -2.34. The maximum Gasteiger partial charge on any atom is 0.319 e. The number of urea groups is 1. The number of unbranched alkanes of at least 4 members (excludes halogenated alkanes) is 1. The molecule has 5 heteroatoms. The number of aryl methyl sites for hydroxylation is 2. The van der Waals surface area contributed by atoms with Crippen molar-refractivity contribution in [3.63, 3.8) is 0 Å². The Kier molecular flexibility index (Phi) is 6.86. The van der Waals surface area contributed by atoms with Crippen molar-refractivity contribution in [3.05, 3.63) is 29.3 Å². The molecular weight excluding hydrogens is 290 g/mol. The Bertz CT molecular complexity index is 519. The Balaban J connectivity index is 1.60. The van der Waals surface area contributed by atoms with Gasteiger partial charge in [-0.3, -0.25) is 4.90 Å². The molecular formula is C18H29N3O2. The third-order valence-corrected chi connectivity index (χ3v) is 4.63. The van der Waals surface area contributed by atoms with Gasteiger partial charge in [-0.2, -0.15) is 0 Å². The van der Waals surface area contributed by atoms with Crippen LogP contribution in [0.5, 0.6) is 0 Å². The first-order valence-electron chi connectivity index (χ1n) is 8.57. The fourth-order valence-electron chi connectivity index (χ4n) is 3.03. The topological polar surface area (TPSA) is 64.6 Å². The molecule has 1 unspecified atom stereocenters.